The van der Waals surface area contributed by atoms with Crippen molar-refractivity contribution in [3.05, 3.63) is 0 Å². The summed E-state index contributed by atoms with van der Waals surface area (Å²) in [6, 6.07) is 0. The zero-order valence-corrected chi connectivity index (χ0v) is 7.43. The van der Waals surface area contributed by atoms with Crippen LogP contribution in [-0.2, 0) is 9.68 Å². The van der Waals surface area contributed by atoms with E-state index in [1.54, 1.807) is 0 Å². The minimum Gasteiger partial charge on any atom is -0.295 e. The van der Waals surface area contributed by atoms with E-state index in [1.807, 2.05) is 0 Å². The third-order valence-electron chi connectivity index (χ3n) is 0.993. The van der Waals surface area contributed by atoms with E-state index in [4.69, 9.17) is 0 Å². The Bertz CT molecular complexity index is 87.3. The fraction of sp³-hybridized carbons (Fsp3) is 1.00. The monoisotopic (exact) mass is 170 g/mol. The number of hydrogen-bond donors (Lipinski definition) is 0. The van der Waals surface area contributed by atoms with Gasteiger partial charge in [-0.05, 0) is 0 Å². The van der Waals surface area contributed by atoms with E-state index in [0.717, 1.165) is 9.67 Å². The molecule has 0 unspecified atom stereocenters. The van der Waals surface area contributed by atoms with Crippen LogP contribution in [0, 0.1) is 0 Å². The Kier molecular flexibility index (Phi) is 5.03. The fourth-order valence-electron chi connectivity index (χ4n) is 0.312. The van der Waals surface area contributed by atoms with Gasteiger partial charge in [0.1, 0.15) is 0 Å². The first-order chi connectivity index (χ1) is 4.63. The highest BCUT2D eigenvalue weighted by Crippen LogP contribution is 2.43. The number of hydroxylamine groups is 2. The van der Waals surface area contributed by atoms with Crippen molar-refractivity contribution >= 4 is 8.53 Å². The van der Waals surface area contributed by atoms with Crippen LogP contribution in [0.2, 0.25) is 0 Å². The molecule has 0 aliphatic heterocycles. The summed E-state index contributed by atoms with van der Waals surface area (Å²) < 4.78 is 12.9. The average Bonchev–Trinajstić information content (AvgIpc) is 2.00. The summed E-state index contributed by atoms with van der Waals surface area (Å²) in [4.78, 5) is 11.4. The van der Waals surface area contributed by atoms with Crippen molar-refractivity contribution in [2.75, 3.05) is 28.3 Å². The Morgan fingerprint density at radius 2 is 1.40 bits per heavy atom. The largest absolute Gasteiger partial charge is 0.295 e. The minimum absolute atomic E-state index is 1.10. The van der Waals surface area contributed by atoms with Gasteiger partial charge < -0.3 is 0 Å². The van der Waals surface area contributed by atoms with Crippen LogP contribution in [0.15, 0.2) is 0 Å². The summed E-state index contributed by atoms with van der Waals surface area (Å²) in [5.41, 5.74) is 0. The molecule has 0 atom stereocenters. The molecule has 0 radical (unpaired) electrons. The van der Waals surface area contributed by atoms with E-state index >= 15 is 0 Å². The second-order valence-corrected chi connectivity index (χ2v) is 3.14. The predicted octanol–water partition coefficient (Wildman–Crippen LogP) is 1.17. The molecule has 0 aromatic heterocycles. The molecule has 0 N–H and O–H groups in total. The predicted molar refractivity (Wildman–Crippen MR) is 37.6 cm³/mol. The van der Waals surface area contributed by atoms with Gasteiger partial charge in [-0.15, -0.1) is 9.67 Å². The van der Waals surface area contributed by atoms with E-state index in [2.05, 4.69) is 9.68 Å². The van der Waals surface area contributed by atoms with Crippen molar-refractivity contribution in [1.29, 1.82) is 0 Å². The highest BCUT2D eigenvalue weighted by Gasteiger charge is 2.19. The van der Waals surface area contributed by atoms with E-state index < -0.39 is 8.53 Å². The van der Waals surface area contributed by atoms with Crippen molar-refractivity contribution in [3.63, 3.8) is 0 Å². The zero-order valence-electron chi connectivity index (χ0n) is 6.54. The maximum absolute atomic E-state index is 12.9. The molecule has 0 saturated heterocycles. The first-order valence-corrected chi connectivity index (χ1v) is 3.78. The van der Waals surface area contributed by atoms with E-state index in [9.17, 15) is 4.20 Å². The summed E-state index contributed by atoms with van der Waals surface area (Å²) in [7, 11) is 3.82. The Morgan fingerprint density at radius 3 is 1.60 bits per heavy atom. The standard InChI is InChI=1S/C4H12FN2O2P/c1-6(8-3)10(5)7(2)9-4/h1-4H3. The Hall–Kier alpha value is 0.200. The lowest BCUT2D eigenvalue weighted by Gasteiger charge is -2.23. The SMILES string of the molecule is CON(C)P(F)N(C)OC. The van der Waals surface area contributed by atoms with Crippen LogP contribution >= 0.6 is 8.53 Å². The van der Waals surface area contributed by atoms with E-state index in [1.165, 1.54) is 28.3 Å². The topological polar surface area (TPSA) is 24.9 Å². The summed E-state index contributed by atoms with van der Waals surface area (Å²) in [5.74, 6) is 0. The fourth-order valence-corrected chi connectivity index (χ4v) is 0.936. The summed E-state index contributed by atoms with van der Waals surface area (Å²) in [5, 5.41) is 0. The number of nitrogens with zero attached hydrogens (tertiary/aromatic N) is 2. The van der Waals surface area contributed by atoms with Gasteiger partial charge in [-0.1, -0.05) is 0 Å². The van der Waals surface area contributed by atoms with Gasteiger partial charge in [0.2, 0.25) is 0 Å². The molecule has 4 nitrogen and oxygen atoms in total. The third kappa shape index (κ3) is 2.86. The minimum atomic E-state index is -1.98. The molecular formula is C4H12FN2O2P. The van der Waals surface area contributed by atoms with Gasteiger partial charge >= 0.3 is 0 Å². The molecule has 0 bridgehead atoms. The molecule has 0 aromatic carbocycles. The molecule has 0 aliphatic rings. The molecule has 10 heavy (non-hydrogen) atoms. The van der Waals surface area contributed by atoms with E-state index in [0.29, 0.717) is 0 Å². The van der Waals surface area contributed by atoms with Gasteiger partial charge in [0, 0.05) is 14.1 Å². The van der Waals surface area contributed by atoms with Gasteiger partial charge in [0.15, 0.2) is 0 Å². The molecule has 0 rings (SSSR count). The van der Waals surface area contributed by atoms with Crippen LogP contribution in [0.4, 0.5) is 4.20 Å². The first-order valence-electron chi connectivity index (χ1n) is 2.65. The molecule has 0 aliphatic carbocycles. The molecule has 62 valence electrons. The summed E-state index contributed by atoms with van der Waals surface area (Å²) in [6.07, 6.45) is 0. The zero-order chi connectivity index (χ0) is 8.15. The average molecular weight is 170 g/mol. The van der Waals surface area contributed by atoms with Crippen molar-refractivity contribution in [1.82, 2.24) is 9.67 Å². The van der Waals surface area contributed by atoms with Crippen LogP contribution in [0.1, 0.15) is 0 Å². The highest BCUT2D eigenvalue weighted by molar-refractivity contribution is 7.46. The summed E-state index contributed by atoms with van der Waals surface area (Å²) in [6.45, 7) is 0. The second kappa shape index (κ2) is 4.93. The lowest BCUT2D eigenvalue weighted by atomic mass is 11.5. The number of rotatable bonds is 4. The molecule has 0 spiro atoms. The Labute approximate surface area is 61.4 Å². The Morgan fingerprint density at radius 1 is 1.10 bits per heavy atom. The third-order valence-corrected chi connectivity index (χ3v) is 2.25. The molecule has 0 fully saturated rings. The second-order valence-electron chi connectivity index (χ2n) is 1.53. The normalized spacial score (nSPS) is 12.0. The van der Waals surface area contributed by atoms with Crippen LogP contribution in [0.3, 0.4) is 0 Å². The van der Waals surface area contributed by atoms with Crippen molar-refractivity contribution in [3.8, 4) is 0 Å². The van der Waals surface area contributed by atoms with E-state index in [-0.39, 0.29) is 0 Å². The lowest BCUT2D eigenvalue weighted by molar-refractivity contribution is -0.0759. The van der Waals surface area contributed by atoms with Gasteiger partial charge in [-0.25, -0.2) is 0 Å². The maximum Gasteiger partial charge on any atom is 0.284 e. The molecule has 6 heteroatoms. The smallest absolute Gasteiger partial charge is 0.284 e. The quantitative estimate of drug-likeness (QED) is 0.467. The molecule has 0 amide bonds. The van der Waals surface area contributed by atoms with Crippen LogP contribution in [-0.4, -0.2) is 38.0 Å². The molecular weight excluding hydrogens is 158 g/mol. The highest BCUT2D eigenvalue weighted by atomic mass is 31.2. The Balaban J connectivity index is 3.69. The van der Waals surface area contributed by atoms with Gasteiger partial charge in [0.05, 0.1) is 14.2 Å². The summed E-state index contributed by atoms with van der Waals surface area (Å²) >= 11 is 0. The molecule has 0 heterocycles. The lowest BCUT2D eigenvalue weighted by Crippen LogP contribution is -2.19. The number of halogens is 1. The molecule has 0 aromatic rings. The van der Waals surface area contributed by atoms with Gasteiger partial charge in [-0.3, -0.25) is 9.68 Å². The first kappa shape index (κ1) is 10.2. The molecule has 0 saturated carbocycles. The maximum atomic E-state index is 12.9. The van der Waals surface area contributed by atoms with Gasteiger partial charge in [0.25, 0.3) is 8.53 Å². The van der Waals surface area contributed by atoms with Crippen molar-refractivity contribution in [2.24, 2.45) is 0 Å². The van der Waals surface area contributed by atoms with Gasteiger partial charge in [-0.2, -0.15) is 4.20 Å². The van der Waals surface area contributed by atoms with Crippen molar-refractivity contribution in [2.45, 2.75) is 0 Å². The number of hydrogen-bond acceptors (Lipinski definition) is 4. The van der Waals surface area contributed by atoms with Crippen LogP contribution in [0.25, 0.3) is 0 Å². The van der Waals surface area contributed by atoms with Crippen LogP contribution < -0.4 is 0 Å². The van der Waals surface area contributed by atoms with Crippen LogP contribution in [0.5, 0.6) is 0 Å². The van der Waals surface area contributed by atoms with Crippen molar-refractivity contribution < 1.29 is 13.9 Å².